The van der Waals surface area contributed by atoms with Gasteiger partial charge in [-0.25, -0.2) is 15.8 Å². The van der Waals surface area contributed by atoms with Crippen molar-refractivity contribution in [3.05, 3.63) is 47.1 Å². The lowest BCUT2D eigenvalue weighted by atomic mass is 10.2. The molecule has 0 fully saturated rings. The van der Waals surface area contributed by atoms with Crippen LogP contribution in [0.5, 0.6) is 0 Å². The van der Waals surface area contributed by atoms with E-state index in [0.717, 1.165) is 21.8 Å². The molecule has 4 nitrogen and oxygen atoms in total. The van der Waals surface area contributed by atoms with Gasteiger partial charge in [0.2, 0.25) is 0 Å². The van der Waals surface area contributed by atoms with E-state index in [2.05, 4.69) is 34.5 Å². The average Bonchev–Trinajstić information content (AvgIpc) is 2.94. The van der Waals surface area contributed by atoms with Crippen LogP contribution in [0, 0.1) is 6.92 Å². The lowest BCUT2D eigenvalue weighted by Crippen LogP contribution is -2.10. The van der Waals surface area contributed by atoms with Crippen molar-refractivity contribution in [2.24, 2.45) is 5.84 Å². The topological polar surface area (TPSA) is 63.8 Å². The number of hydrogen-bond acceptors (Lipinski definition) is 6. The van der Waals surface area contributed by atoms with E-state index in [9.17, 15) is 0 Å². The molecule has 0 aliphatic carbocycles. The number of fused-ring (bicyclic) bond motifs is 1. The first-order valence-electron chi connectivity index (χ1n) is 6.17. The molecule has 0 saturated carbocycles. The molecule has 0 aliphatic heterocycles. The summed E-state index contributed by atoms with van der Waals surface area (Å²) in [6.07, 6.45) is 0. The zero-order chi connectivity index (χ0) is 13.9. The number of aryl methyl sites for hydroxylation is 1. The number of nitrogens with zero attached hydrogens (tertiary/aromatic N) is 2. The van der Waals surface area contributed by atoms with Crippen LogP contribution in [0.2, 0.25) is 0 Å². The summed E-state index contributed by atoms with van der Waals surface area (Å²) in [4.78, 5) is 11.3. The van der Waals surface area contributed by atoms with Gasteiger partial charge in [-0.15, -0.1) is 23.1 Å². The van der Waals surface area contributed by atoms with Gasteiger partial charge in [-0.1, -0.05) is 18.2 Å². The van der Waals surface area contributed by atoms with Gasteiger partial charge in [0.05, 0.1) is 11.1 Å². The number of aromatic nitrogens is 2. The van der Waals surface area contributed by atoms with Gasteiger partial charge in [0.1, 0.15) is 10.7 Å². The van der Waals surface area contributed by atoms with E-state index in [0.29, 0.717) is 5.82 Å². The van der Waals surface area contributed by atoms with Gasteiger partial charge in [-0.05, 0) is 30.0 Å². The molecule has 20 heavy (non-hydrogen) atoms. The summed E-state index contributed by atoms with van der Waals surface area (Å²) in [5.74, 6) is 7.75. The highest BCUT2D eigenvalue weighted by Gasteiger charge is 2.08. The zero-order valence-electron chi connectivity index (χ0n) is 11.0. The fraction of sp³-hybridized carbons (Fsp3) is 0.143. The standard InChI is InChI=1S/C14H14N4S2/c1-9-4-2-3-5-11(9)20-8-12-16-13(18-15)10-6-7-19-14(10)17-12/h2-7H,8,15H2,1H3,(H,16,17,18). The molecular formula is C14H14N4S2. The van der Waals surface area contributed by atoms with Crippen molar-refractivity contribution in [2.75, 3.05) is 5.43 Å². The summed E-state index contributed by atoms with van der Waals surface area (Å²) < 4.78 is 0. The Morgan fingerprint density at radius 1 is 1.25 bits per heavy atom. The minimum absolute atomic E-state index is 0.691. The predicted molar refractivity (Wildman–Crippen MR) is 86.0 cm³/mol. The largest absolute Gasteiger partial charge is 0.308 e. The molecule has 0 unspecified atom stereocenters. The van der Waals surface area contributed by atoms with E-state index >= 15 is 0 Å². The van der Waals surface area contributed by atoms with Crippen molar-refractivity contribution in [1.82, 2.24) is 9.97 Å². The molecule has 0 bridgehead atoms. The van der Waals surface area contributed by atoms with Gasteiger partial charge < -0.3 is 5.43 Å². The van der Waals surface area contributed by atoms with Crippen LogP contribution < -0.4 is 11.3 Å². The third-order valence-electron chi connectivity index (χ3n) is 2.96. The van der Waals surface area contributed by atoms with Crippen LogP contribution in [0.25, 0.3) is 10.2 Å². The van der Waals surface area contributed by atoms with Crippen molar-refractivity contribution < 1.29 is 0 Å². The van der Waals surface area contributed by atoms with Crippen LogP contribution >= 0.6 is 23.1 Å². The molecule has 6 heteroatoms. The average molecular weight is 302 g/mol. The minimum atomic E-state index is 0.691. The fourth-order valence-corrected chi connectivity index (χ4v) is 3.60. The third kappa shape index (κ3) is 2.63. The van der Waals surface area contributed by atoms with Crippen molar-refractivity contribution in [3.8, 4) is 0 Å². The van der Waals surface area contributed by atoms with Gasteiger partial charge >= 0.3 is 0 Å². The summed E-state index contributed by atoms with van der Waals surface area (Å²) in [5.41, 5.74) is 3.92. The maximum Gasteiger partial charge on any atom is 0.152 e. The molecule has 2 heterocycles. The Hall–Kier alpha value is -1.63. The number of rotatable bonds is 4. The molecule has 0 radical (unpaired) electrons. The second-order valence-electron chi connectivity index (χ2n) is 4.33. The van der Waals surface area contributed by atoms with Crippen LogP contribution in [0.4, 0.5) is 5.82 Å². The number of anilines is 1. The first kappa shape index (κ1) is 13.4. The number of hydrogen-bond donors (Lipinski definition) is 2. The Labute approximate surface area is 125 Å². The molecule has 3 N–H and O–H groups in total. The Kier molecular flexibility index (Phi) is 3.86. The van der Waals surface area contributed by atoms with Crippen LogP contribution in [0.15, 0.2) is 40.6 Å². The second kappa shape index (κ2) is 5.78. The number of nitrogen functional groups attached to an aromatic ring is 1. The highest BCUT2D eigenvalue weighted by molar-refractivity contribution is 7.98. The molecule has 1 aromatic carbocycles. The smallest absolute Gasteiger partial charge is 0.152 e. The monoisotopic (exact) mass is 302 g/mol. The Morgan fingerprint density at radius 3 is 2.90 bits per heavy atom. The quantitative estimate of drug-likeness (QED) is 0.438. The maximum absolute atomic E-state index is 5.53. The molecule has 2 aromatic heterocycles. The van der Waals surface area contributed by atoms with Gasteiger partial charge in [0, 0.05) is 4.90 Å². The van der Waals surface area contributed by atoms with E-state index in [1.54, 1.807) is 23.1 Å². The summed E-state index contributed by atoms with van der Waals surface area (Å²) in [6.45, 7) is 2.11. The van der Waals surface area contributed by atoms with Gasteiger partial charge in [0.15, 0.2) is 5.82 Å². The Bertz CT molecular complexity index is 739. The molecular weight excluding hydrogens is 288 g/mol. The fourth-order valence-electron chi connectivity index (χ4n) is 1.93. The summed E-state index contributed by atoms with van der Waals surface area (Å²) >= 11 is 3.34. The van der Waals surface area contributed by atoms with E-state index < -0.39 is 0 Å². The third-order valence-corrected chi connectivity index (χ3v) is 4.94. The number of nitrogens with one attached hydrogen (secondary N) is 1. The van der Waals surface area contributed by atoms with Crippen LogP contribution in [-0.2, 0) is 5.75 Å². The molecule has 0 spiro atoms. The van der Waals surface area contributed by atoms with E-state index in [1.165, 1.54) is 10.5 Å². The Morgan fingerprint density at radius 2 is 2.10 bits per heavy atom. The predicted octanol–water partition coefficient (Wildman–Crippen LogP) is 3.58. The lowest BCUT2D eigenvalue weighted by Gasteiger charge is -2.06. The molecule has 0 atom stereocenters. The summed E-state index contributed by atoms with van der Waals surface area (Å²) in [6, 6.07) is 10.3. The zero-order valence-corrected chi connectivity index (χ0v) is 12.6. The summed E-state index contributed by atoms with van der Waals surface area (Å²) in [5, 5.41) is 2.97. The first-order valence-corrected chi connectivity index (χ1v) is 8.03. The van der Waals surface area contributed by atoms with E-state index in [4.69, 9.17) is 5.84 Å². The van der Waals surface area contributed by atoms with Crippen molar-refractivity contribution >= 4 is 39.1 Å². The molecule has 102 valence electrons. The number of thiophene rings is 1. The highest BCUT2D eigenvalue weighted by atomic mass is 32.2. The van der Waals surface area contributed by atoms with Crippen molar-refractivity contribution in [1.29, 1.82) is 0 Å². The van der Waals surface area contributed by atoms with Gasteiger partial charge in [0.25, 0.3) is 0 Å². The molecule has 3 rings (SSSR count). The SMILES string of the molecule is Cc1ccccc1SCc1nc(NN)c2ccsc2n1. The number of benzene rings is 1. The second-order valence-corrected chi connectivity index (χ2v) is 6.24. The van der Waals surface area contributed by atoms with Gasteiger partial charge in [-0.2, -0.15) is 0 Å². The van der Waals surface area contributed by atoms with E-state index in [-0.39, 0.29) is 0 Å². The highest BCUT2D eigenvalue weighted by Crippen LogP contribution is 2.28. The van der Waals surface area contributed by atoms with Crippen molar-refractivity contribution in [3.63, 3.8) is 0 Å². The Balaban J connectivity index is 1.86. The normalized spacial score (nSPS) is 10.9. The van der Waals surface area contributed by atoms with Crippen LogP contribution in [0.3, 0.4) is 0 Å². The minimum Gasteiger partial charge on any atom is -0.308 e. The van der Waals surface area contributed by atoms with Crippen LogP contribution in [-0.4, -0.2) is 9.97 Å². The number of nitrogens with two attached hydrogens (primary N) is 1. The molecule has 0 amide bonds. The lowest BCUT2D eigenvalue weighted by molar-refractivity contribution is 1.06. The first-order chi connectivity index (χ1) is 9.78. The summed E-state index contributed by atoms with van der Waals surface area (Å²) in [7, 11) is 0. The van der Waals surface area contributed by atoms with Gasteiger partial charge in [-0.3, -0.25) is 0 Å². The molecule has 0 aliphatic rings. The van der Waals surface area contributed by atoms with E-state index in [1.807, 2.05) is 23.6 Å². The van der Waals surface area contributed by atoms with Crippen LogP contribution in [0.1, 0.15) is 11.4 Å². The number of thioether (sulfide) groups is 1. The molecule has 3 aromatic rings. The molecule has 0 saturated heterocycles. The maximum atomic E-state index is 5.53. The number of hydrazine groups is 1. The van der Waals surface area contributed by atoms with Crippen molar-refractivity contribution in [2.45, 2.75) is 17.6 Å².